The van der Waals surface area contributed by atoms with Gasteiger partial charge >= 0.3 is 0 Å². The van der Waals surface area contributed by atoms with Gasteiger partial charge in [-0.15, -0.1) is 0 Å². The van der Waals surface area contributed by atoms with E-state index in [1.54, 1.807) is 0 Å². The van der Waals surface area contributed by atoms with E-state index >= 15 is 0 Å². The van der Waals surface area contributed by atoms with E-state index in [2.05, 4.69) is 51.1 Å². The molecule has 0 spiro atoms. The highest BCUT2D eigenvalue weighted by atomic mass is 31.2. The molecule has 1 rings (SSSR count). The van der Waals surface area contributed by atoms with Gasteiger partial charge in [-0.2, -0.15) is 0 Å². The molecular formula is C18H32OP+. The largest absolute Gasteiger partial charge is 0.351 e. The zero-order valence-corrected chi connectivity index (χ0v) is 14.5. The van der Waals surface area contributed by atoms with Crippen molar-refractivity contribution in [3.05, 3.63) is 30.3 Å². The molecule has 1 aromatic carbocycles. The lowest BCUT2D eigenvalue weighted by atomic mass is 10.3. The number of unbranched alkanes of at least 4 members (excludes halogenated alkanes) is 3. The van der Waals surface area contributed by atoms with Crippen LogP contribution in [0, 0.1) is 0 Å². The molecule has 0 heterocycles. The van der Waals surface area contributed by atoms with Crippen molar-refractivity contribution in [2.24, 2.45) is 0 Å². The zero-order valence-electron chi connectivity index (χ0n) is 13.6. The van der Waals surface area contributed by atoms with Crippen LogP contribution < -0.4 is 4.52 Å². The van der Waals surface area contributed by atoms with Gasteiger partial charge in [0.25, 0.3) is 0 Å². The van der Waals surface area contributed by atoms with Crippen molar-refractivity contribution in [3.63, 3.8) is 0 Å². The van der Waals surface area contributed by atoms with E-state index in [9.17, 15) is 0 Å². The van der Waals surface area contributed by atoms with Crippen LogP contribution in [0.5, 0.6) is 5.75 Å². The summed E-state index contributed by atoms with van der Waals surface area (Å²) in [6, 6.07) is 10.5. The molecule has 0 aromatic heterocycles. The Morgan fingerprint density at radius 1 is 0.750 bits per heavy atom. The molecule has 0 aliphatic carbocycles. The molecule has 0 fully saturated rings. The second-order valence-electron chi connectivity index (χ2n) is 5.69. The van der Waals surface area contributed by atoms with Crippen LogP contribution in [0.25, 0.3) is 0 Å². The standard InChI is InChI=1S/C18H32OP/c1-4-7-15-20(16-8-5-2,17-9-6-3)19-18-13-11-10-12-14-18/h10-14H,4-9,15-17H2,1-3H3/q+1. The Labute approximate surface area is 126 Å². The van der Waals surface area contributed by atoms with E-state index < -0.39 is 7.49 Å². The van der Waals surface area contributed by atoms with Crippen LogP contribution in [0.2, 0.25) is 0 Å². The lowest BCUT2D eigenvalue weighted by Crippen LogP contribution is -2.14. The molecule has 0 radical (unpaired) electrons. The van der Waals surface area contributed by atoms with Crippen LogP contribution in [-0.2, 0) is 0 Å². The van der Waals surface area contributed by atoms with Crippen LogP contribution in [0.15, 0.2) is 30.3 Å². The van der Waals surface area contributed by atoms with Crippen LogP contribution in [0.3, 0.4) is 0 Å². The van der Waals surface area contributed by atoms with Crippen molar-refractivity contribution in [2.45, 2.75) is 59.3 Å². The lowest BCUT2D eigenvalue weighted by molar-refractivity contribution is 0.576. The first-order valence-corrected chi connectivity index (χ1v) is 10.6. The zero-order chi connectivity index (χ0) is 14.7. The van der Waals surface area contributed by atoms with Gasteiger partial charge in [0.2, 0.25) is 0 Å². The number of benzene rings is 1. The second kappa shape index (κ2) is 10.2. The average Bonchev–Trinajstić information content (AvgIpc) is 2.49. The third kappa shape index (κ3) is 6.27. The highest BCUT2D eigenvalue weighted by Crippen LogP contribution is 2.61. The number of hydrogen-bond donors (Lipinski definition) is 0. The summed E-state index contributed by atoms with van der Waals surface area (Å²) < 4.78 is 6.62. The third-order valence-electron chi connectivity index (χ3n) is 3.80. The number of para-hydroxylation sites is 1. The first kappa shape index (κ1) is 17.5. The molecule has 0 saturated carbocycles. The van der Waals surface area contributed by atoms with Gasteiger partial charge in [0.1, 0.15) is 0 Å². The Morgan fingerprint density at radius 3 is 1.60 bits per heavy atom. The third-order valence-corrected chi connectivity index (χ3v) is 7.79. The fourth-order valence-electron chi connectivity index (χ4n) is 2.52. The molecule has 1 aromatic rings. The minimum Gasteiger partial charge on any atom is -0.351 e. The van der Waals surface area contributed by atoms with Crippen LogP contribution >= 0.6 is 7.49 Å². The van der Waals surface area contributed by atoms with Crippen LogP contribution in [0.4, 0.5) is 0 Å². The molecule has 0 unspecified atom stereocenters. The van der Waals surface area contributed by atoms with Gasteiger partial charge in [-0.3, -0.25) is 0 Å². The minimum absolute atomic E-state index is 1.09. The molecule has 0 N–H and O–H groups in total. The molecule has 114 valence electrons. The van der Waals surface area contributed by atoms with Crippen molar-refractivity contribution in [1.82, 2.24) is 0 Å². The van der Waals surface area contributed by atoms with Gasteiger partial charge in [0, 0.05) is 0 Å². The molecular weight excluding hydrogens is 263 g/mol. The highest BCUT2D eigenvalue weighted by Gasteiger charge is 2.39. The quantitative estimate of drug-likeness (QED) is 0.429. The van der Waals surface area contributed by atoms with Gasteiger partial charge in [0.05, 0.1) is 18.5 Å². The molecule has 1 nitrogen and oxygen atoms in total. The van der Waals surface area contributed by atoms with Crippen LogP contribution in [-0.4, -0.2) is 18.5 Å². The molecule has 0 atom stereocenters. The molecule has 0 amide bonds. The summed E-state index contributed by atoms with van der Waals surface area (Å²) in [5, 5.41) is 0. The summed E-state index contributed by atoms with van der Waals surface area (Å²) in [6.45, 7) is 6.87. The predicted octanol–water partition coefficient (Wildman–Crippen LogP) is 6.40. The van der Waals surface area contributed by atoms with E-state index in [0.29, 0.717) is 0 Å². The van der Waals surface area contributed by atoms with E-state index in [4.69, 9.17) is 4.52 Å². The maximum Gasteiger partial charge on any atom is 0.190 e. The first-order chi connectivity index (χ1) is 9.76. The smallest absolute Gasteiger partial charge is 0.190 e. The van der Waals surface area contributed by atoms with Gasteiger partial charge in [-0.05, 0) is 31.4 Å². The molecule has 0 bridgehead atoms. The van der Waals surface area contributed by atoms with Gasteiger partial charge < -0.3 is 4.52 Å². The summed E-state index contributed by atoms with van der Waals surface area (Å²) in [7, 11) is -1.27. The summed E-state index contributed by atoms with van der Waals surface area (Å²) in [5.41, 5.74) is 0. The summed E-state index contributed by atoms with van der Waals surface area (Å²) in [5.74, 6) is 1.09. The monoisotopic (exact) mass is 295 g/mol. The molecule has 0 aliphatic heterocycles. The summed E-state index contributed by atoms with van der Waals surface area (Å²) in [6.07, 6.45) is 11.7. The van der Waals surface area contributed by atoms with E-state index in [-0.39, 0.29) is 0 Å². The predicted molar refractivity (Wildman–Crippen MR) is 93.3 cm³/mol. The van der Waals surface area contributed by atoms with Crippen LogP contribution in [0.1, 0.15) is 59.3 Å². The van der Waals surface area contributed by atoms with Gasteiger partial charge in [-0.25, -0.2) is 0 Å². The van der Waals surface area contributed by atoms with Crippen molar-refractivity contribution in [2.75, 3.05) is 18.5 Å². The lowest BCUT2D eigenvalue weighted by Gasteiger charge is -2.26. The van der Waals surface area contributed by atoms with Gasteiger partial charge in [-0.1, -0.05) is 58.2 Å². The van der Waals surface area contributed by atoms with E-state index in [0.717, 1.165) is 5.75 Å². The maximum absolute atomic E-state index is 6.62. The van der Waals surface area contributed by atoms with E-state index in [1.807, 2.05) is 0 Å². The number of rotatable bonds is 11. The van der Waals surface area contributed by atoms with Crippen molar-refractivity contribution < 1.29 is 4.52 Å². The van der Waals surface area contributed by atoms with Crippen molar-refractivity contribution in [1.29, 1.82) is 0 Å². The molecule has 2 heteroatoms. The Morgan fingerprint density at radius 2 is 1.20 bits per heavy atom. The number of hydrogen-bond acceptors (Lipinski definition) is 1. The fraction of sp³-hybridized carbons (Fsp3) is 0.667. The molecule has 0 saturated heterocycles. The molecule has 20 heavy (non-hydrogen) atoms. The fourth-order valence-corrected chi connectivity index (χ4v) is 6.71. The van der Waals surface area contributed by atoms with E-state index in [1.165, 1.54) is 57.0 Å². The van der Waals surface area contributed by atoms with Crippen molar-refractivity contribution >= 4 is 7.49 Å². The first-order valence-electron chi connectivity index (χ1n) is 8.37. The minimum atomic E-state index is -1.27. The highest BCUT2D eigenvalue weighted by molar-refractivity contribution is 7.71. The normalized spacial score (nSPS) is 11.6. The Kier molecular flexibility index (Phi) is 8.94. The van der Waals surface area contributed by atoms with Crippen molar-refractivity contribution in [3.8, 4) is 5.75 Å². The topological polar surface area (TPSA) is 9.23 Å². The average molecular weight is 295 g/mol. The Bertz CT molecular complexity index is 315. The molecule has 0 aliphatic rings. The Hall–Kier alpha value is -0.550. The second-order valence-corrected chi connectivity index (χ2v) is 9.33. The maximum atomic E-state index is 6.62. The Balaban J connectivity index is 2.81. The summed E-state index contributed by atoms with van der Waals surface area (Å²) in [4.78, 5) is 0. The SMILES string of the molecule is CCCC[P+](CCCC)(CCCC)Oc1ccccc1. The van der Waals surface area contributed by atoms with Gasteiger partial charge in [0.15, 0.2) is 13.2 Å². The summed E-state index contributed by atoms with van der Waals surface area (Å²) >= 11 is 0.